The number of aromatic nitrogens is 1. The zero-order valence-electron chi connectivity index (χ0n) is 15.6. The zero-order chi connectivity index (χ0) is 20.3. The number of aryl methyl sites for hydroxylation is 1. The highest BCUT2D eigenvalue weighted by atomic mass is 32.1. The van der Waals surface area contributed by atoms with Gasteiger partial charge in [0.25, 0.3) is 5.91 Å². The van der Waals surface area contributed by atoms with Crippen molar-refractivity contribution in [2.45, 2.75) is 13.5 Å². The van der Waals surface area contributed by atoms with E-state index in [0.717, 1.165) is 34.8 Å². The molecule has 0 aliphatic rings. The van der Waals surface area contributed by atoms with E-state index in [9.17, 15) is 13.6 Å². The zero-order valence-corrected chi connectivity index (χ0v) is 16.4. The van der Waals surface area contributed by atoms with E-state index in [1.165, 1.54) is 6.07 Å². The lowest BCUT2D eigenvalue weighted by molar-refractivity contribution is 0.0823. The van der Waals surface area contributed by atoms with Gasteiger partial charge in [-0.25, -0.2) is 18.8 Å². The maximum Gasteiger partial charge on any atom is 0.277 e. The molecule has 0 aliphatic carbocycles. The van der Waals surface area contributed by atoms with Crippen molar-refractivity contribution in [3.63, 3.8) is 0 Å². The first-order valence-electron chi connectivity index (χ1n) is 8.45. The maximum absolute atomic E-state index is 14.0. The number of ether oxygens (including phenoxy) is 1. The Balaban J connectivity index is 1.70. The van der Waals surface area contributed by atoms with Crippen LogP contribution in [0.3, 0.4) is 0 Å². The predicted octanol–water partition coefficient (Wildman–Crippen LogP) is 4.18. The fourth-order valence-corrected chi connectivity index (χ4v) is 3.64. The number of halogens is 2. The smallest absolute Gasteiger partial charge is 0.277 e. The van der Waals surface area contributed by atoms with Gasteiger partial charge in [0.15, 0.2) is 0 Å². The number of hydrogen-bond donors (Lipinski definition) is 1. The number of rotatable bonds is 6. The van der Waals surface area contributed by atoms with Crippen LogP contribution in [-0.4, -0.2) is 30.1 Å². The molecule has 0 fully saturated rings. The van der Waals surface area contributed by atoms with Crippen LogP contribution in [0, 0.1) is 18.6 Å². The first kappa shape index (κ1) is 19.9. The quantitative estimate of drug-likeness (QED) is 0.628. The van der Waals surface area contributed by atoms with Crippen LogP contribution in [0.25, 0.3) is 10.6 Å². The third-order valence-electron chi connectivity index (χ3n) is 4.04. The van der Waals surface area contributed by atoms with E-state index < -0.39 is 11.6 Å². The summed E-state index contributed by atoms with van der Waals surface area (Å²) in [7, 11) is 3.35. The SMILES string of the molecule is COc1ccc(CN(C)NC(=O)c2sc(-c3ccc(F)cc3F)nc2C)cc1. The van der Waals surface area contributed by atoms with Crippen LogP contribution in [0.1, 0.15) is 20.9 Å². The molecular weight excluding hydrogens is 384 g/mol. The number of carbonyl (C=O) groups excluding carboxylic acids is 1. The molecule has 5 nitrogen and oxygen atoms in total. The topological polar surface area (TPSA) is 54.5 Å². The number of nitrogens with one attached hydrogen (secondary N) is 1. The van der Waals surface area contributed by atoms with Gasteiger partial charge in [-0.15, -0.1) is 11.3 Å². The Kier molecular flexibility index (Phi) is 6.01. The Morgan fingerprint density at radius 2 is 1.93 bits per heavy atom. The molecule has 1 heterocycles. The van der Waals surface area contributed by atoms with Crippen molar-refractivity contribution in [1.29, 1.82) is 0 Å². The van der Waals surface area contributed by atoms with Crippen molar-refractivity contribution < 1.29 is 18.3 Å². The molecule has 0 aliphatic heterocycles. The monoisotopic (exact) mass is 403 g/mol. The van der Waals surface area contributed by atoms with Gasteiger partial charge in [0.1, 0.15) is 27.3 Å². The molecule has 28 heavy (non-hydrogen) atoms. The number of nitrogens with zero attached hydrogens (tertiary/aromatic N) is 2. The maximum atomic E-state index is 14.0. The van der Waals surface area contributed by atoms with Gasteiger partial charge in [0.2, 0.25) is 0 Å². The minimum Gasteiger partial charge on any atom is -0.497 e. The second-order valence-electron chi connectivity index (χ2n) is 6.20. The van der Waals surface area contributed by atoms with Crippen molar-refractivity contribution >= 4 is 17.2 Å². The molecule has 2 aromatic carbocycles. The average molecular weight is 403 g/mol. The Morgan fingerprint density at radius 1 is 1.21 bits per heavy atom. The lowest BCUT2D eigenvalue weighted by atomic mass is 10.2. The molecule has 3 rings (SSSR count). The molecule has 0 bridgehead atoms. The van der Waals surface area contributed by atoms with Crippen molar-refractivity contribution in [2.75, 3.05) is 14.2 Å². The van der Waals surface area contributed by atoms with Gasteiger partial charge < -0.3 is 4.74 Å². The summed E-state index contributed by atoms with van der Waals surface area (Å²) in [5.41, 5.74) is 4.43. The lowest BCUT2D eigenvalue weighted by Crippen LogP contribution is -2.38. The van der Waals surface area contributed by atoms with E-state index in [2.05, 4.69) is 10.4 Å². The van der Waals surface area contributed by atoms with Crippen LogP contribution in [0.2, 0.25) is 0 Å². The van der Waals surface area contributed by atoms with Gasteiger partial charge in [-0.3, -0.25) is 10.2 Å². The highest BCUT2D eigenvalue weighted by Crippen LogP contribution is 2.30. The minimum absolute atomic E-state index is 0.167. The van der Waals surface area contributed by atoms with Crippen LogP contribution in [0.5, 0.6) is 5.75 Å². The normalized spacial score (nSPS) is 10.9. The molecule has 0 saturated heterocycles. The molecule has 1 N–H and O–H groups in total. The Labute approximate surface area is 165 Å². The van der Waals surface area contributed by atoms with Crippen molar-refractivity contribution in [2.24, 2.45) is 0 Å². The average Bonchev–Trinajstić information content (AvgIpc) is 3.03. The van der Waals surface area contributed by atoms with Crippen LogP contribution in [0.15, 0.2) is 42.5 Å². The van der Waals surface area contributed by atoms with Gasteiger partial charge >= 0.3 is 0 Å². The number of hydrazine groups is 1. The molecular formula is C20H19F2N3O2S. The van der Waals surface area contributed by atoms with Crippen molar-refractivity contribution in [1.82, 2.24) is 15.4 Å². The number of hydrogen-bond acceptors (Lipinski definition) is 5. The van der Waals surface area contributed by atoms with Crippen LogP contribution in [-0.2, 0) is 6.54 Å². The highest BCUT2D eigenvalue weighted by Gasteiger charge is 2.19. The number of thiazole rings is 1. The molecule has 0 unspecified atom stereocenters. The standard InChI is InChI=1S/C20H19F2N3O2S/c1-12-18(28-20(23-12)16-9-6-14(21)10-17(16)22)19(26)24-25(2)11-13-4-7-15(27-3)8-5-13/h4-10H,11H2,1-3H3,(H,24,26). The summed E-state index contributed by atoms with van der Waals surface area (Å²) in [4.78, 5) is 17.2. The van der Waals surface area contributed by atoms with E-state index in [-0.39, 0.29) is 11.5 Å². The third-order valence-corrected chi connectivity index (χ3v) is 5.23. The van der Waals surface area contributed by atoms with E-state index >= 15 is 0 Å². The number of benzene rings is 2. The Morgan fingerprint density at radius 3 is 2.57 bits per heavy atom. The summed E-state index contributed by atoms with van der Waals surface area (Å²) in [5, 5.41) is 1.99. The highest BCUT2D eigenvalue weighted by molar-refractivity contribution is 7.17. The minimum atomic E-state index is -0.711. The third kappa shape index (κ3) is 4.52. The number of carbonyl (C=O) groups is 1. The summed E-state index contributed by atoms with van der Waals surface area (Å²) in [6.07, 6.45) is 0. The first-order chi connectivity index (χ1) is 13.4. The summed E-state index contributed by atoms with van der Waals surface area (Å²) >= 11 is 1.07. The van der Waals surface area contributed by atoms with Gasteiger partial charge in [-0.2, -0.15) is 0 Å². The number of amides is 1. The van der Waals surface area contributed by atoms with E-state index in [1.807, 2.05) is 24.3 Å². The van der Waals surface area contributed by atoms with Gasteiger partial charge in [-0.05, 0) is 36.8 Å². The largest absolute Gasteiger partial charge is 0.497 e. The lowest BCUT2D eigenvalue weighted by Gasteiger charge is -2.18. The summed E-state index contributed by atoms with van der Waals surface area (Å²) < 4.78 is 32.2. The molecule has 1 amide bonds. The van der Waals surface area contributed by atoms with Gasteiger partial charge in [0.05, 0.1) is 12.8 Å². The summed E-state index contributed by atoms with van der Waals surface area (Å²) in [6, 6.07) is 10.8. The second-order valence-corrected chi connectivity index (χ2v) is 7.20. The second kappa shape index (κ2) is 8.45. The fraction of sp³-hybridized carbons (Fsp3) is 0.200. The van der Waals surface area contributed by atoms with Crippen molar-refractivity contribution in [3.8, 4) is 16.3 Å². The molecule has 8 heteroatoms. The van der Waals surface area contributed by atoms with E-state index in [4.69, 9.17) is 4.74 Å². The molecule has 146 valence electrons. The first-order valence-corrected chi connectivity index (χ1v) is 9.27. The Hall–Kier alpha value is -2.84. The van der Waals surface area contributed by atoms with E-state index in [1.54, 1.807) is 26.1 Å². The van der Waals surface area contributed by atoms with Crippen LogP contribution >= 0.6 is 11.3 Å². The molecule has 0 spiro atoms. The van der Waals surface area contributed by atoms with E-state index in [0.29, 0.717) is 22.1 Å². The number of methoxy groups -OCH3 is 1. The molecule has 0 radical (unpaired) electrons. The molecule has 1 aromatic heterocycles. The summed E-state index contributed by atoms with van der Waals surface area (Å²) in [6.45, 7) is 2.17. The predicted molar refractivity (Wildman–Crippen MR) is 104 cm³/mol. The van der Waals surface area contributed by atoms with Crippen LogP contribution < -0.4 is 10.2 Å². The molecule has 0 atom stereocenters. The van der Waals surface area contributed by atoms with Gasteiger partial charge in [-0.1, -0.05) is 12.1 Å². The van der Waals surface area contributed by atoms with Gasteiger partial charge in [0, 0.05) is 25.2 Å². The molecule has 3 aromatic rings. The Bertz CT molecular complexity index is 990. The molecule has 0 saturated carbocycles. The fourth-order valence-electron chi connectivity index (χ4n) is 2.65. The van der Waals surface area contributed by atoms with Crippen molar-refractivity contribution in [3.05, 3.63) is 70.2 Å². The summed E-state index contributed by atoms with van der Waals surface area (Å²) in [5.74, 6) is -0.943. The van der Waals surface area contributed by atoms with Crippen LogP contribution in [0.4, 0.5) is 8.78 Å².